The zero-order valence-electron chi connectivity index (χ0n) is 13.4. The van der Waals surface area contributed by atoms with Crippen molar-refractivity contribution in [2.24, 2.45) is 0 Å². The maximum absolute atomic E-state index is 12.2. The molecule has 0 fully saturated rings. The van der Waals surface area contributed by atoms with Crippen molar-refractivity contribution in [2.75, 3.05) is 12.3 Å². The van der Waals surface area contributed by atoms with Gasteiger partial charge in [-0.2, -0.15) is 0 Å². The first-order valence-corrected chi connectivity index (χ1v) is 8.41. The summed E-state index contributed by atoms with van der Waals surface area (Å²) in [7, 11) is 0. The van der Waals surface area contributed by atoms with Gasteiger partial charge in [0.1, 0.15) is 0 Å². The summed E-state index contributed by atoms with van der Waals surface area (Å²) in [6.07, 6.45) is 9.58. The van der Waals surface area contributed by atoms with Crippen LogP contribution in [0.25, 0.3) is 0 Å². The Morgan fingerprint density at radius 3 is 2.14 bits per heavy atom. The van der Waals surface area contributed by atoms with Gasteiger partial charge in [0.25, 0.3) is 11.8 Å². The topological polar surface area (TPSA) is 63.4 Å². The summed E-state index contributed by atoms with van der Waals surface area (Å²) >= 11 is 0. The normalized spacial score (nSPS) is 13.8. The van der Waals surface area contributed by atoms with Crippen LogP contribution in [-0.4, -0.2) is 23.3 Å². The van der Waals surface area contributed by atoms with Crippen LogP contribution in [0.3, 0.4) is 0 Å². The highest BCUT2D eigenvalue weighted by Crippen LogP contribution is 2.25. The number of nitrogens with zero attached hydrogens (tertiary/aromatic N) is 1. The predicted molar refractivity (Wildman–Crippen MR) is 88.8 cm³/mol. The summed E-state index contributed by atoms with van der Waals surface area (Å²) < 4.78 is 0. The molecule has 22 heavy (non-hydrogen) atoms. The fourth-order valence-electron chi connectivity index (χ4n) is 2.92. The van der Waals surface area contributed by atoms with E-state index in [1.807, 2.05) is 0 Å². The van der Waals surface area contributed by atoms with E-state index in [0.29, 0.717) is 23.4 Å². The van der Waals surface area contributed by atoms with Crippen molar-refractivity contribution in [1.82, 2.24) is 4.90 Å². The van der Waals surface area contributed by atoms with E-state index in [1.54, 1.807) is 18.2 Å². The van der Waals surface area contributed by atoms with E-state index in [9.17, 15) is 9.59 Å². The first-order chi connectivity index (χ1) is 10.6. The minimum atomic E-state index is -0.199. The number of hydrogen-bond acceptors (Lipinski definition) is 3. The highest BCUT2D eigenvalue weighted by atomic mass is 16.2. The summed E-state index contributed by atoms with van der Waals surface area (Å²) in [5.41, 5.74) is 7.15. The molecule has 2 rings (SSSR count). The largest absolute Gasteiger partial charge is 0.399 e. The van der Waals surface area contributed by atoms with E-state index in [1.165, 1.54) is 43.4 Å². The number of rotatable bonds is 9. The SMILES string of the molecule is CCCCCCCCCCN1C(=O)c2ccc(N)cc2C1=O. The second-order valence-corrected chi connectivity index (χ2v) is 6.04. The molecule has 0 saturated carbocycles. The molecule has 0 atom stereocenters. The Labute approximate surface area is 132 Å². The van der Waals surface area contributed by atoms with Gasteiger partial charge >= 0.3 is 0 Å². The maximum Gasteiger partial charge on any atom is 0.261 e. The summed E-state index contributed by atoms with van der Waals surface area (Å²) in [4.78, 5) is 25.8. The summed E-state index contributed by atoms with van der Waals surface area (Å²) in [6.45, 7) is 2.73. The van der Waals surface area contributed by atoms with Gasteiger partial charge in [0, 0.05) is 12.2 Å². The van der Waals surface area contributed by atoms with Crippen molar-refractivity contribution in [2.45, 2.75) is 58.3 Å². The lowest BCUT2D eigenvalue weighted by Gasteiger charge is -2.13. The average Bonchev–Trinajstić information content (AvgIpc) is 2.74. The number of amides is 2. The van der Waals surface area contributed by atoms with Crippen LogP contribution in [0.4, 0.5) is 5.69 Å². The molecule has 1 aromatic carbocycles. The van der Waals surface area contributed by atoms with Crippen LogP contribution < -0.4 is 5.73 Å². The molecule has 4 nitrogen and oxygen atoms in total. The second-order valence-electron chi connectivity index (χ2n) is 6.04. The number of imide groups is 1. The van der Waals surface area contributed by atoms with Gasteiger partial charge in [-0.3, -0.25) is 14.5 Å². The average molecular weight is 302 g/mol. The molecule has 0 spiro atoms. The van der Waals surface area contributed by atoms with Crippen molar-refractivity contribution < 1.29 is 9.59 Å². The van der Waals surface area contributed by atoms with E-state index in [4.69, 9.17) is 5.73 Å². The molecule has 0 saturated heterocycles. The smallest absolute Gasteiger partial charge is 0.261 e. The molecule has 1 heterocycles. The third kappa shape index (κ3) is 3.87. The first kappa shape index (κ1) is 16.5. The Morgan fingerprint density at radius 1 is 0.864 bits per heavy atom. The number of benzene rings is 1. The van der Waals surface area contributed by atoms with Gasteiger partial charge in [-0.1, -0.05) is 51.9 Å². The van der Waals surface area contributed by atoms with Crippen LogP contribution in [0, 0.1) is 0 Å². The number of carbonyl (C=O) groups excluding carboxylic acids is 2. The lowest BCUT2D eigenvalue weighted by Crippen LogP contribution is -2.30. The highest BCUT2D eigenvalue weighted by Gasteiger charge is 2.34. The number of nitrogens with two attached hydrogens (primary N) is 1. The summed E-state index contributed by atoms with van der Waals surface area (Å²) in [5.74, 6) is -0.377. The molecule has 1 aliphatic heterocycles. The number of carbonyl (C=O) groups is 2. The molecular formula is C18H26N2O2. The van der Waals surface area contributed by atoms with Crippen LogP contribution in [-0.2, 0) is 0 Å². The zero-order valence-corrected chi connectivity index (χ0v) is 13.4. The number of fused-ring (bicyclic) bond motifs is 1. The molecule has 2 N–H and O–H groups in total. The van der Waals surface area contributed by atoms with Crippen molar-refractivity contribution in [3.8, 4) is 0 Å². The summed E-state index contributed by atoms with van der Waals surface area (Å²) in [5, 5.41) is 0. The monoisotopic (exact) mass is 302 g/mol. The maximum atomic E-state index is 12.2. The van der Waals surface area contributed by atoms with Crippen LogP contribution in [0.5, 0.6) is 0 Å². The quantitative estimate of drug-likeness (QED) is 0.426. The Bertz CT molecular complexity index is 540. The van der Waals surface area contributed by atoms with Gasteiger partial charge in [-0.05, 0) is 24.6 Å². The van der Waals surface area contributed by atoms with Crippen LogP contribution in [0.1, 0.15) is 79.0 Å². The van der Waals surface area contributed by atoms with Gasteiger partial charge in [-0.25, -0.2) is 0 Å². The Kier molecular flexibility index (Phi) is 5.99. The van der Waals surface area contributed by atoms with E-state index in [0.717, 1.165) is 12.8 Å². The van der Waals surface area contributed by atoms with E-state index >= 15 is 0 Å². The third-order valence-corrected chi connectivity index (χ3v) is 4.23. The molecule has 0 unspecified atom stereocenters. The molecule has 1 aliphatic rings. The van der Waals surface area contributed by atoms with E-state index in [-0.39, 0.29) is 11.8 Å². The number of unbranched alkanes of at least 4 members (excludes halogenated alkanes) is 7. The van der Waals surface area contributed by atoms with E-state index < -0.39 is 0 Å². The highest BCUT2D eigenvalue weighted by molar-refractivity contribution is 6.21. The van der Waals surface area contributed by atoms with Crippen LogP contribution in [0.2, 0.25) is 0 Å². The van der Waals surface area contributed by atoms with Crippen molar-refractivity contribution >= 4 is 17.5 Å². The Morgan fingerprint density at radius 2 is 1.45 bits per heavy atom. The lowest BCUT2D eigenvalue weighted by molar-refractivity contribution is 0.0651. The van der Waals surface area contributed by atoms with Crippen molar-refractivity contribution in [3.05, 3.63) is 29.3 Å². The van der Waals surface area contributed by atoms with Crippen molar-refractivity contribution in [3.63, 3.8) is 0 Å². The molecule has 0 aromatic heterocycles. The zero-order chi connectivity index (χ0) is 15.9. The molecule has 0 bridgehead atoms. The second kappa shape index (κ2) is 7.97. The minimum absolute atomic E-state index is 0.178. The lowest BCUT2D eigenvalue weighted by atomic mass is 10.1. The van der Waals surface area contributed by atoms with Gasteiger partial charge in [0.15, 0.2) is 0 Å². The van der Waals surface area contributed by atoms with Gasteiger partial charge < -0.3 is 5.73 Å². The molecular weight excluding hydrogens is 276 g/mol. The molecule has 0 radical (unpaired) electrons. The molecule has 1 aromatic rings. The fourth-order valence-corrected chi connectivity index (χ4v) is 2.92. The fraction of sp³-hybridized carbons (Fsp3) is 0.556. The summed E-state index contributed by atoms with van der Waals surface area (Å²) in [6, 6.07) is 4.92. The molecule has 4 heteroatoms. The number of nitrogen functional groups attached to an aromatic ring is 1. The Balaban J connectivity index is 1.74. The third-order valence-electron chi connectivity index (χ3n) is 4.23. The van der Waals surface area contributed by atoms with Gasteiger partial charge in [-0.15, -0.1) is 0 Å². The predicted octanol–water partition coefficient (Wildman–Crippen LogP) is 4.01. The first-order valence-electron chi connectivity index (χ1n) is 8.41. The standard InChI is InChI=1S/C18H26N2O2/c1-2-3-4-5-6-7-8-9-12-20-17(21)15-11-10-14(19)13-16(15)18(20)22/h10-11,13H,2-9,12,19H2,1H3. The molecule has 120 valence electrons. The molecule has 2 amide bonds. The van der Waals surface area contributed by atoms with E-state index in [2.05, 4.69) is 6.92 Å². The minimum Gasteiger partial charge on any atom is -0.399 e. The van der Waals surface area contributed by atoms with Crippen molar-refractivity contribution in [1.29, 1.82) is 0 Å². The molecule has 0 aliphatic carbocycles. The van der Waals surface area contributed by atoms with Crippen LogP contribution >= 0.6 is 0 Å². The van der Waals surface area contributed by atoms with Gasteiger partial charge in [0.05, 0.1) is 11.1 Å². The number of anilines is 1. The van der Waals surface area contributed by atoms with Gasteiger partial charge in [0.2, 0.25) is 0 Å². The van der Waals surface area contributed by atoms with Crippen LogP contribution in [0.15, 0.2) is 18.2 Å². The number of hydrogen-bond donors (Lipinski definition) is 1. The Hall–Kier alpha value is -1.84.